The number of hydrogen-bond donors (Lipinski definition) is 1. The van der Waals surface area contributed by atoms with Gasteiger partial charge in [-0.15, -0.1) is 0 Å². The van der Waals surface area contributed by atoms with Gasteiger partial charge in [0, 0.05) is 22.1 Å². The molecule has 6 aromatic rings. The van der Waals surface area contributed by atoms with Crippen molar-refractivity contribution < 1.29 is 4.39 Å². The van der Waals surface area contributed by atoms with Gasteiger partial charge in [-0.05, 0) is 55.3 Å². The first-order valence-electron chi connectivity index (χ1n) is 11.7. The van der Waals surface area contributed by atoms with E-state index in [-0.39, 0.29) is 5.82 Å². The highest BCUT2D eigenvalue weighted by molar-refractivity contribution is 5.98. The Hall–Kier alpha value is -4.65. The average Bonchev–Trinajstić information content (AvgIpc) is 3.23. The molecule has 7 heteroatoms. The average molecular weight is 475 g/mol. The number of pyridine rings is 1. The molecule has 0 bridgehead atoms. The zero-order valence-corrected chi connectivity index (χ0v) is 19.9. The molecule has 6 nitrogen and oxygen atoms in total. The van der Waals surface area contributed by atoms with Crippen molar-refractivity contribution in [3.8, 4) is 22.5 Å². The molecule has 3 aromatic carbocycles. The van der Waals surface area contributed by atoms with E-state index in [2.05, 4.69) is 41.2 Å². The van der Waals surface area contributed by atoms with E-state index in [0.717, 1.165) is 38.9 Å². The highest BCUT2D eigenvalue weighted by atomic mass is 19.1. The number of aryl methyl sites for hydroxylation is 2. The maximum atomic E-state index is 14.3. The summed E-state index contributed by atoms with van der Waals surface area (Å²) < 4.78 is 16.1. The standard InChI is InChI=1S/C29H23FN6/c1-17-11-20(14-22(30)12-17)27-25-28(31)32-16-33-29(25)36(35-27)15-21-13-19-8-4-6-10-24(19)34-26(21)23-9-5-3-7-18(23)2/h3-14,16H,15H2,1-2H3,(H2,31,32,33). The van der Waals surface area contributed by atoms with E-state index < -0.39 is 0 Å². The smallest absolute Gasteiger partial charge is 0.164 e. The highest BCUT2D eigenvalue weighted by Crippen LogP contribution is 2.33. The lowest BCUT2D eigenvalue weighted by Gasteiger charge is -2.13. The van der Waals surface area contributed by atoms with E-state index in [1.807, 2.05) is 43.3 Å². The third-order valence-corrected chi connectivity index (χ3v) is 6.40. The van der Waals surface area contributed by atoms with Gasteiger partial charge in [-0.25, -0.2) is 24.0 Å². The van der Waals surface area contributed by atoms with E-state index in [0.29, 0.717) is 34.7 Å². The molecule has 0 fully saturated rings. The Morgan fingerprint density at radius 1 is 0.889 bits per heavy atom. The lowest BCUT2D eigenvalue weighted by molar-refractivity contribution is 0.627. The quantitative estimate of drug-likeness (QED) is 0.334. The molecule has 36 heavy (non-hydrogen) atoms. The molecule has 0 atom stereocenters. The fourth-order valence-electron chi connectivity index (χ4n) is 4.73. The van der Waals surface area contributed by atoms with Crippen LogP contribution in [0.2, 0.25) is 0 Å². The van der Waals surface area contributed by atoms with Gasteiger partial charge in [0.1, 0.15) is 23.7 Å². The van der Waals surface area contributed by atoms with Gasteiger partial charge < -0.3 is 5.73 Å². The third kappa shape index (κ3) is 3.75. The molecule has 176 valence electrons. The maximum absolute atomic E-state index is 14.3. The summed E-state index contributed by atoms with van der Waals surface area (Å²) in [6, 6.07) is 23.2. The molecular weight excluding hydrogens is 451 g/mol. The molecule has 0 amide bonds. The minimum absolute atomic E-state index is 0.305. The zero-order chi connectivity index (χ0) is 24.8. The molecule has 0 aliphatic rings. The van der Waals surface area contributed by atoms with Gasteiger partial charge in [-0.2, -0.15) is 5.10 Å². The Morgan fingerprint density at radius 3 is 2.53 bits per heavy atom. The monoisotopic (exact) mass is 474 g/mol. The van der Waals surface area contributed by atoms with Crippen molar-refractivity contribution in [2.45, 2.75) is 20.4 Å². The molecule has 0 saturated carbocycles. The number of fused-ring (bicyclic) bond motifs is 2. The zero-order valence-electron chi connectivity index (χ0n) is 19.9. The van der Waals surface area contributed by atoms with Crippen LogP contribution in [0.1, 0.15) is 16.7 Å². The second kappa shape index (κ2) is 8.53. The van der Waals surface area contributed by atoms with Gasteiger partial charge in [0.05, 0.1) is 23.1 Å². The van der Waals surface area contributed by atoms with E-state index in [4.69, 9.17) is 15.8 Å². The molecule has 0 saturated heterocycles. The van der Waals surface area contributed by atoms with Crippen LogP contribution in [0.4, 0.5) is 10.2 Å². The lowest BCUT2D eigenvalue weighted by Crippen LogP contribution is -2.06. The van der Waals surface area contributed by atoms with Crippen LogP contribution in [0.25, 0.3) is 44.5 Å². The molecule has 0 aliphatic carbocycles. The number of halogens is 1. The van der Waals surface area contributed by atoms with Crippen molar-refractivity contribution in [3.05, 3.63) is 102 Å². The molecular formula is C29H23FN6. The summed E-state index contributed by atoms with van der Waals surface area (Å²) in [6.45, 7) is 4.33. The summed E-state index contributed by atoms with van der Waals surface area (Å²) in [5, 5.41) is 6.52. The third-order valence-electron chi connectivity index (χ3n) is 6.40. The van der Waals surface area contributed by atoms with E-state index in [9.17, 15) is 4.39 Å². The maximum Gasteiger partial charge on any atom is 0.164 e. The Labute approximate surface area is 207 Å². The molecule has 3 heterocycles. The Balaban J connectivity index is 1.58. The Morgan fingerprint density at radius 2 is 1.69 bits per heavy atom. The van der Waals surface area contributed by atoms with Crippen LogP contribution >= 0.6 is 0 Å². The second-order valence-corrected chi connectivity index (χ2v) is 8.98. The van der Waals surface area contributed by atoms with Crippen LogP contribution in [-0.2, 0) is 6.54 Å². The predicted molar refractivity (Wildman–Crippen MR) is 141 cm³/mol. The Kier molecular flexibility index (Phi) is 5.18. The van der Waals surface area contributed by atoms with Crippen LogP contribution in [-0.4, -0.2) is 24.7 Å². The predicted octanol–water partition coefficient (Wildman–Crippen LogP) is 6.09. The lowest BCUT2D eigenvalue weighted by atomic mass is 9.99. The van der Waals surface area contributed by atoms with Gasteiger partial charge in [0.15, 0.2) is 5.65 Å². The number of aromatic nitrogens is 5. The number of para-hydroxylation sites is 1. The highest BCUT2D eigenvalue weighted by Gasteiger charge is 2.20. The summed E-state index contributed by atoms with van der Waals surface area (Å²) in [5.74, 6) is -0.0254. The first-order valence-corrected chi connectivity index (χ1v) is 11.7. The van der Waals surface area contributed by atoms with Crippen molar-refractivity contribution >= 4 is 27.8 Å². The van der Waals surface area contributed by atoms with Crippen molar-refractivity contribution in [1.82, 2.24) is 24.7 Å². The second-order valence-electron chi connectivity index (χ2n) is 8.98. The molecule has 0 radical (unpaired) electrons. The van der Waals surface area contributed by atoms with Crippen LogP contribution in [0.15, 0.2) is 79.1 Å². The number of benzene rings is 3. The van der Waals surface area contributed by atoms with E-state index >= 15 is 0 Å². The minimum Gasteiger partial charge on any atom is -0.383 e. The first kappa shape index (κ1) is 21.9. The number of nitrogens with zero attached hydrogens (tertiary/aromatic N) is 5. The largest absolute Gasteiger partial charge is 0.383 e. The van der Waals surface area contributed by atoms with Gasteiger partial charge in [-0.1, -0.05) is 42.5 Å². The fourth-order valence-corrected chi connectivity index (χ4v) is 4.73. The van der Waals surface area contributed by atoms with Crippen molar-refractivity contribution in [2.75, 3.05) is 5.73 Å². The van der Waals surface area contributed by atoms with Crippen LogP contribution < -0.4 is 5.73 Å². The van der Waals surface area contributed by atoms with E-state index in [1.165, 1.54) is 18.5 Å². The molecule has 6 rings (SSSR count). The summed E-state index contributed by atoms with van der Waals surface area (Å²) in [5.41, 5.74) is 13.8. The van der Waals surface area contributed by atoms with Gasteiger partial charge in [0.25, 0.3) is 0 Å². The van der Waals surface area contributed by atoms with Gasteiger partial charge >= 0.3 is 0 Å². The van der Waals surface area contributed by atoms with Crippen molar-refractivity contribution in [3.63, 3.8) is 0 Å². The molecule has 3 aromatic heterocycles. The summed E-state index contributed by atoms with van der Waals surface area (Å²) in [4.78, 5) is 13.7. The topological polar surface area (TPSA) is 82.5 Å². The molecule has 0 aliphatic heterocycles. The van der Waals surface area contributed by atoms with Crippen LogP contribution in [0.3, 0.4) is 0 Å². The normalized spacial score (nSPS) is 11.4. The number of nitrogens with two attached hydrogens (primary N) is 1. The molecule has 0 unspecified atom stereocenters. The first-order chi connectivity index (χ1) is 17.5. The number of nitrogen functional groups attached to an aromatic ring is 1. The van der Waals surface area contributed by atoms with Crippen molar-refractivity contribution in [1.29, 1.82) is 0 Å². The van der Waals surface area contributed by atoms with Gasteiger partial charge in [-0.3, -0.25) is 0 Å². The van der Waals surface area contributed by atoms with Gasteiger partial charge in [0.2, 0.25) is 0 Å². The van der Waals surface area contributed by atoms with E-state index in [1.54, 1.807) is 4.68 Å². The SMILES string of the molecule is Cc1cc(F)cc(-c2nn(Cc3cc4ccccc4nc3-c3ccccc3C)c3ncnc(N)c23)c1. The summed E-state index contributed by atoms with van der Waals surface area (Å²) in [6.07, 6.45) is 1.43. The molecule has 0 spiro atoms. The summed E-state index contributed by atoms with van der Waals surface area (Å²) in [7, 11) is 0. The minimum atomic E-state index is -0.330. The Bertz CT molecular complexity index is 1750. The summed E-state index contributed by atoms with van der Waals surface area (Å²) >= 11 is 0. The number of hydrogen-bond acceptors (Lipinski definition) is 5. The molecule has 2 N–H and O–H groups in total. The van der Waals surface area contributed by atoms with Crippen molar-refractivity contribution in [2.24, 2.45) is 0 Å². The fraction of sp³-hybridized carbons (Fsp3) is 0.103. The van der Waals surface area contributed by atoms with Crippen LogP contribution in [0, 0.1) is 19.7 Å². The number of rotatable bonds is 4. The number of anilines is 1. The van der Waals surface area contributed by atoms with Crippen LogP contribution in [0.5, 0.6) is 0 Å².